The van der Waals surface area contributed by atoms with Crippen LogP contribution < -0.4 is 4.72 Å². The number of nitrogens with zero attached hydrogens (tertiary/aromatic N) is 1. The Labute approximate surface area is 133 Å². The zero-order chi connectivity index (χ0) is 15.7. The molecule has 2 aromatic carbocycles. The number of para-hydroxylation sites is 1. The van der Waals surface area contributed by atoms with E-state index in [1.54, 1.807) is 12.1 Å². The van der Waals surface area contributed by atoms with Crippen molar-refractivity contribution in [3.05, 3.63) is 54.1 Å². The second kappa shape index (κ2) is 5.70. The van der Waals surface area contributed by atoms with Crippen LogP contribution in [0.2, 0.25) is 0 Å². The number of aromatic nitrogens is 1. The van der Waals surface area contributed by atoms with Crippen LogP contribution in [0.4, 0.5) is 5.13 Å². The fourth-order valence-electron chi connectivity index (χ4n) is 2.12. The molecule has 0 unspecified atom stereocenters. The lowest BCUT2D eigenvalue weighted by Gasteiger charge is -2.08. The van der Waals surface area contributed by atoms with Crippen LogP contribution in [-0.2, 0) is 10.0 Å². The maximum atomic E-state index is 12.4. The molecule has 1 N–H and O–H groups in total. The van der Waals surface area contributed by atoms with Crippen molar-refractivity contribution in [3.63, 3.8) is 0 Å². The van der Waals surface area contributed by atoms with Crippen LogP contribution in [0.5, 0.6) is 0 Å². The first kappa shape index (κ1) is 15.0. The molecule has 3 rings (SSSR count). The number of thiazole rings is 1. The first-order valence-electron chi connectivity index (χ1n) is 6.94. The molecule has 0 fully saturated rings. The fraction of sp³-hybridized carbons (Fsp3) is 0.188. The van der Waals surface area contributed by atoms with Crippen molar-refractivity contribution >= 4 is 36.7 Å². The average molecular weight is 332 g/mol. The Bertz CT molecular complexity index is 864. The maximum Gasteiger partial charge on any atom is 0.263 e. The van der Waals surface area contributed by atoms with Gasteiger partial charge in [-0.15, -0.1) is 0 Å². The smallest absolute Gasteiger partial charge is 0.255 e. The monoisotopic (exact) mass is 332 g/mol. The SMILES string of the molecule is CC(C)c1ccc(S(=O)(=O)Nc2nc3ccccc3s2)cc1. The van der Waals surface area contributed by atoms with Gasteiger partial charge in [0, 0.05) is 0 Å². The van der Waals surface area contributed by atoms with Gasteiger partial charge in [0.2, 0.25) is 0 Å². The molecule has 0 atom stereocenters. The van der Waals surface area contributed by atoms with Crippen molar-refractivity contribution < 1.29 is 8.42 Å². The summed E-state index contributed by atoms with van der Waals surface area (Å²) in [6.07, 6.45) is 0. The minimum absolute atomic E-state index is 0.246. The molecular formula is C16H16N2O2S2. The van der Waals surface area contributed by atoms with E-state index in [1.165, 1.54) is 11.3 Å². The summed E-state index contributed by atoms with van der Waals surface area (Å²) in [7, 11) is -3.61. The maximum absolute atomic E-state index is 12.4. The molecule has 0 bridgehead atoms. The average Bonchev–Trinajstić information content (AvgIpc) is 2.88. The van der Waals surface area contributed by atoms with Crippen molar-refractivity contribution in [1.29, 1.82) is 0 Å². The van der Waals surface area contributed by atoms with Crippen molar-refractivity contribution in [3.8, 4) is 0 Å². The van der Waals surface area contributed by atoms with Crippen molar-refractivity contribution in [2.24, 2.45) is 0 Å². The number of sulfonamides is 1. The zero-order valence-electron chi connectivity index (χ0n) is 12.3. The minimum atomic E-state index is -3.61. The third-order valence-corrected chi connectivity index (χ3v) is 5.81. The Hall–Kier alpha value is -1.92. The molecule has 0 saturated heterocycles. The van der Waals surface area contributed by atoms with Crippen LogP contribution in [0, 0.1) is 0 Å². The van der Waals surface area contributed by atoms with Gasteiger partial charge in [-0.1, -0.05) is 49.4 Å². The number of benzene rings is 2. The molecule has 114 valence electrons. The van der Waals surface area contributed by atoms with Gasteiger partial charge in [-0.2, -0.15) is 0 Å². The Balaban J connectivity index is 1.89. The van der Waals surface area contributed by atoms with E-state index in [-0.39, 0.29) is 4.90 Å². The summed E-state index contributed by atoms with van der Waals surface area (Å²) >= 11 is 1.33. The Morgan fingerprint density at radius 3 is 2.36 bits per heavy atom. The van der Waals surface area contributed by atoms with Gasteiger partial charge in [-0.05, 0) is 35.7 Å². The second-order valence-electron chi connectivity index (χ2n) is 5.32. The number of rotatable bonds is 4. The van der Waals surface area contributed by atoms with Gasteiger partial charge in [0.1, 0.15) is 0 Å². The molecule has 0 aliphatic carbocycles. The molecule has 0 aliphatic rings. The summed E-state index contributed by atoms with van der Waals surface area (Å²) in [6.45, 7) is 4.14. The molecule has 1 aromatic heterocycles. The summed E-state index contributed by atoms with van der Waals surface area (Å²) in [5.74, 6) is 0.369. The summed E-state index contributed by atoms with van der Waals surface area (Å²) in [5, 5.41) is 0.383. The highest BCUT2D eigenvalue weighted by Crippen LogP contribution is 2.27. The van der Waals surface area contributed by atoms with Crippen LogP contribution in [0.15, 0.2) is 53.4 Å². The molecule has 0 saturated carbocycles. The van der Waals surface area contributed by atoms with Gasteiger partial charge in [-0.25, -0.2) is 13.4 Å². The molecular weight excluding hydrogens is 316 g/mol. The summed E-state index contributed by atoms with van der Waals surface area (Å²) in [4.78, 5) is 4.54. The van der Waals surface area contributed by atoms with Gasteiger partial charge < -0.3 is 0 Å². The standard InChI is InChI=1S/C16H16N2O2S2/c1-11(2)12-7-9-13(10-8-12)22(19,20)18-16-17-14-5-3-4-6-15(14)21-16/h3-11H,1-2H3,(H,17,18). The van der Waals surface area contributed by atoms with Crippen molar-refractivity contribution in [2.45, 2.75) is 24.7 Å². The molecule has 0 aliphatic heterocycles. The molecule has 0 spiro atoms. The lowest BCUT2D eigenvalue weighted by atomic mass is 10.0. The lowest BCUT2D eigenvalue weighted by molar-refractivity contribution is 0.601. The van der Waals surface area contributed by atoms with Crippen LogP contribution in [0.1, 0.15) is 25.3 Å². The molecule has 3 aromatic rings. The van der Waals surface area contributed by atoms with Gasteiger partial charge in [0.05, 0.1) is 15.1 Å². The fourth-order valence-corrected chi connectivity index (χ4v) is 4.22. The van der Waals surface area contributed by atoms with Gasteiger partial charge in [0.15, 0.2) is 5.13 Å². The van der Waals surface area contributed by atoms with E-state index in [9.17, 15) is 8.42 Å². The first-order valence-corrected chi connectivity index (χ1v) is 9.24. The van der Waals surface area contributed by atoms with Crippen molar-refractivity contribution in [1.82, 2.24) is 4.98 Å². The summed E-state index contributed by atoms with van der Waals surface area (Å²) < 4.78 is 28.3. The third-order valence-electron chi connectivity index (χ3n) is 3.37. The molecule has 4 nitrogen and oxygen atoms in total. The van der Waals surface area contributed by atoms with E-state index in [1.807, 2.05) is 36.4 Å². The zero-order valence-corrected chi connectivity index (χ0v) is 13.9. The molecule has 22 heavy (non-hydrogen) atoms. The first-order chi connectivity index (χ1) is 10.5. The number of anilines is 1. The van der Waals surface area contributed by atoms with Crippen LogP contribution in [0.25, 0.3) is 10.2 Å². The highest BCUT2D eigenvalue weighted by atomic mass is 32.2. The van der Waals surface area contributed by atoms with Crippen LogP contribution >= 0.6 is 11.3 Å². The topological polar surface area (TPSA) is 59.1 Å². The summed E-state index contributed by atoms with van der Waals surface area (Å²) in [5.41, 5.74) is 1.90. The van der Waals surface area contributed by atoms with E-state index in [4.69, 9.17) is 0 Å². The van der Waals surface area contributed by atoms with Crippen LogP contribution in [0.3, 0.4) is 0 Å². The molecule has 6 heteroatoms. The van der Waals surface area contributed by atoms with E-state index in [2.05, 4.69) is 23.6 Å². The quantitative estimate of drug-likeness (QED) is 0.778. The highest BCUT2D eigenvalue weighted by molar-refractivity contribution is 7.93. The Morgan fingerprint density at radius 1 is 1.05 bits per heavy atom. The predicted molar refractivity (Wildman–Crippen MR) is 91.0 cm³/mol. The van der Waals surface area contributed by atoms with Gasteiger partial charge in [-0.3, -0.25) is 4.72 Å². The Kier molecular flexibility index (Phi) is 3.88. The second-order valence-corrected chi connectivity index (χ2v) is 8.03. The molecule has 1 heterocycles. The largest absolute Gasteiger partial charge is 0.263 e. The molecule has 0 amide bonds. The van der Waals surface area contributed by atoms with E-state index < -0.39 is 10.0 Å². The third kappa shape index (κ3) is 2.98. The highest BCUT2D eigenvalue weighted by Gasteiger charge is 2.16. The number of hydrogen-bond donors (Lipinski definition) is 1. The van der Waals surface area contributed by atoms with E-state index in [0.717, 1.165) is 15.8 Å². The number of hydrogen-bond acceptors (Lipinski definition) is 4. The van der Waals surface area contributed by atoms with Gasteiger partial charge in [0.25, 0.3) is 10.0 Å². The lowest BCUT2D eigenvalue weighted by Crippen LogP contribution is -2.12. The molecule has 0 radical (unpaired) electrons. The predicted octanol–water partition coefficient (Wildman–Crippen LogP) is 4.22. The van der Waals surface area contributed by atoms with Crippen LogP contribution in [-0.4, -0.2) is 13.4 Å². The van der Waals surface area contributed by atoms with Crippen molar-refractivity contribution in [2.75, 3.05) is 4.72 Å². The number of nitrogens with one attached hydrogen (secondary N) is 1. The summed E-state index contributed by atoms with van der Waals surface area (Å²) in [6, 6.07) is 14.5. The number of fused-ring (bicyclic) bond motifs is 1. The normalized spacial score (nSPS) is 12.0. The van der Waals surface area contributed by atoms with Gasteiger partial charge >= 0.3 is 0 Å². The van der Waals surface area contributed by atoms with E-state index in [0.29, 0.717) is 11.0 Å². The van der Waals surface area contributed by atoms with E-state index >= 15 is 0 Å². The Morgan fingerprint density at radius 2 is 1.73 bits per heavy atom. The minimum Gasteiger partial charge on any atom is -0.255 e.